The van der Waals surface area contributed by atoms with Gasteiger partial charge in [0.05, 0.1) is 6.26 Å². The summed E-state index contributed by atoms with van der Waals surface area (Å²) in [6.07, 6.45) is -2.13. The average Bonchev–Trinajstić information content (AvgIpc) is 3.18. The predicted octanol–water partition coefficient (Wildman–Crippen LogP) is 2.64. The zero-order valence-electron chi connectivity index (χ0n) is 14.8. The van der Waals surface area contributed by atoms with Crippen molar-refractivity contribution in [1.82, 2.24) is 15.5 Å². The number of nitrogens with one attached hydrogen (secondary N) is 2. The second-order valence-corrected chi connectivity index (χ2v) is 7.12. The highest BCUT2D eigenvalue weighted by Gasteiger charge is 2.70. The Morgan fingerprint density at radius 3 is 2.63 bits per heavy atom. The highest BCUT2D eigenvalue weighted by atomic mass is 19.4. The maximum Gasteiger partial charge on any atom is 0.440 e. The van der Waals surface area contributed by atoms with Crippen LogP contribution in [0.1, 0.15) is 43.7 Å². The highest BCUT2D eigenvalue weighted by Crippen LogP contribution is 2.39. The Morgan fingerprint density at radius 2 is 2.04 bits per heavy atom. The molecule has 0 spiro atoms. The number of alkyl halides is 3. The smallest absolute Gasteiger partial charge is 0.440 e. The Bertz CT molecular complexity index is 749. The molecule has 4 atom stereocenters. The van der Waals surface area contributed by atoms with E-state index in [0.717, 1.165) is 18.8 Å². The summed E-state index contributed by atoms with van der Waals surface area (Å²) in [5, 5.41) is 3.30. The molecule has 3 rings (SSSR count). The summed E-state index contributed by atoms with van der Waals surface area (Å²) in [5.74, 6) is -3.18. The maximum absolute atomic E-state index is 13.8. The number of rotatable bonds is 3. The summed E-state index contributed by atoms with van der Waals surface area (Å²) in [7, 11) is 0. The number of carbonyl (C=O) groups is 3. The Hall–Kier alpha value is -2.52. The molecule has 7 nitrogen and oxygen atoms in total. The van der Waals surface area contributed by atoms with Crippen molar-refractivity contribution in [3.63, 3.8) is 0 Å². The molecule has 1 aliphatic heterocycles. The van der Waals surface area contributed by atoms with Gasteiger partial charge in [0, 0.05) is 6.04 Å². The molecule has 2 fully saturated rings. The molecule has 0 radical (unpaired) electrons. The molecule has 27 heavy (non-hydrogen) atoms. The van der Waals surface area contributed by atoms with E-state index < -0.39 is 41.5 Å². The lowest BCUT2D eigenvalue weighted by atomic mass is 9.77. The first kappa shape index (κ1) is 19.2. The van der Waals surface area contributed by atoms with E-state index in [2.05, 4.69) is 0 Å². The van der Waals surface area contributed by atoms with Crippen molar-refractivity contribution in [3.8, 4) is 0 Å². The molecule has 1 saturated carbocycles. The summed E-state index contributed by atoms with van der Waals surface area (Å²) in [4.78, 5) is 38.0. The first-order chi connectivity index (χ1) is 12.6. The van der Waals surface area contributed by atoms with Crippen molar-refractivity contribution < 1.29 is 32.0 Å². The summed E-state index contributed by atoms with van der Waals surface area (Å²) >= 11 is 0. The fourth-order valence-electron chi connectivity index (χ4n) is 3.75. The summed E-state index contributed by atoms with van der Waals surface area (Å²) in [6.45, 7) is 3.75. The number of imide groups is 1. The van der Waals surface area contributed by atoms with Gasteiger partial charge in [-0.25, -0.2) is 4.79 Å². The van der Waals surface area contributed by atoms with E-state index in [-0.39, 0.29) is 11.8 Å². The van der Waals surface area contributed by atoms with Crippen LogP contribution in [0.3, 0.4) is 0 Å². The lowest BCUT2D eigenvalue weighted by molar-refractivity contribution is -0.201. The summed E-state index contributed by atoms with van der Waals surface area (Å²) in [5.41, 5.74) is -3.52. The molecule has 1 saturated heterocycles. The minimum Gasteiger partial charge on any atom is -0.459 e. The van der Waals surface area contributed by atoms with Gasteiger partial charge >= 0.3 is 12.2 Å². The number of hydrogen-bond acceptors (Lipinski definition) is 4. The van der Waals surface area contributed by atoms with Gasteiger partial charge in [-0.1, -0.05) is 26.7 Å². The van der Waals surface area contributed by atoms with Crippen molar-refractivity contribution in [3.05, 3.63) is 24.2 Å². The topological polar surface area (TPSA) is 91.7 Å². The number of halogens is 3. The van der Waals surface area contributed by atoms with Crippen LogP contribution < -0.4 is 10.6 Å². The third kappa shape index (κ3) is 3.06. The number of amides is 4. The third-order valence-corrected chi connectivity index (χ3v) is 5.52. The van der Waals surface area contributed by atoms with Crippen LogP contribution in [0.25, 0.3) is 0 Å². The molecular formula is C17H20F3N3O4. The summed E-state index contributed by atoms with van der Waals surface area (Å²) in [6, 6.07) is 0.652. The quantitative estimate of drug-likeness (QED) is 0.780. The van der Waals surface area contributed by atoms with Crippen molar-refractivity contribution in [2.24, 2.45) is 11.8 Å². The number of nitrogens with zero attached hydrogens (tertiary/aromatic N) is 1. The Labute approximate surface area is 153 Å². The third-order valence-electron chi connectivity index (χ3n) is 5.52. The second kappa shape index (κ2) is 6.58. The molecule has 1 aliphatic carbocycles. The van der Waals surface area contributed by atoms with Gasteiger partial charge in [0.1, 0.15) is 0 Å². The van der Waals surface area contributed by atoms with E-state index >= 15 is 0 Å². The monoisotopic (exact) mass is 387 g/mol. The van der Waals surface area contributed by atoms with E-state index in [1.807, 2.05) is 13.8 Å². The second-order valence-electron chi connectivity index (χ2n) is 7.12. The Balaban J connectivity index is 1.94. The van der Waals surface area contributed by atoms with E-state index in [1.165, 1.54) is 6.07 Å². The SMILES string of the molecule is C[C@@H]1[C@@H](C)CCC[C@@H]1N1C(=O)N[C@@](NC(=O)c2ccco2)(C(F)(F)F)C1=O. The van der Waals surface area contributed by atoms with Crippen LogP contribution in [0.15, 0.2) is 22.8 Å². The fraction of sp³-hybridized carbons (Fsp3) is 0.588. The number of urea groups is 1. The molecule has 2 aliphatic rings. The lowest BCUT2D eigenvalue weighted by Gasteiger charge is -2.38. The molecule has 0 unspecified atom stereocenters. The van der Waals surface area contributed by atoms with Crippen LogP contribution in [0.2, 0.25) is 0 Å². The van der Waals surface area contributed by atoms with E-state index in [9.17, 15) is 27.6 Å². The Morgan fingerprint density at radius 1 is 1.33 bits per heavy atom. The zero-order chi connectivity index (χ0) is 20.0. The predicted molar refractivity (Wildman–Crippen MR) is 86.3 cm³/mol. The van der Waals surface area contributed by atoms with Gasteiger partial charge in [0.15, 0.2) is 5.76 Å². The minimum absolute atomic E-state index is 0.154. The van der Waals surface area contributed by atoms with Crippen LogP contribution in [0.4, 0.5) is 18.0 Å². The minimum atomic E-state index is -5.24. The van der Waals surface area contributed by atoms with Crippen LogP contribution in [-0.2, 0) is 4.79 Å². The van der Waals surface area contributed by atoms with Gasteiger partial charge in [0.2, 0.25) is 0 Å². The normalized spacial score (nSPS) is 31.7. The molecule has 0 aromatic carbocycles. The van der Waals surface area contributed by atoms with Gasteiger partial charge in [-0.05, 0) is 30.4 Å². The molecule has 4 amide bonds. The Kier molecular flexibility index (Phi) is 4.69. The largest absolute Gasteiger partial charge is 0.459 e. The standard InChI is InChI=1S/C17H20F3N3O4/c1-9-5-3-6-11(10(9)2)23-14(25)16(17(18,19)20,22-15(23)26)21-13(24)12-7-4-8-27-12/h4,7-11H,3,5-6H2,1-2H3,(H,21,24)(H,22,26)/t9-,10+,11-,16+/m0/s1. The van der Waals surface area contributed by atoms with Crippen molar-refractivity contribution in [2.75, 3.05) is 0 Å². The van der Waals surface area contributed by atoms with Crippen LogP contribution >= 0.6 is 0 Å². The maximum atomic E-state index is 13.8. The average molecular weight is 387 g/mol. The first-order valence-corrected chi connectivity index (χ1v) is 8.67. The number of carbonyl (C=O) groups excluding carboxylic acids is 3. The van der Waals surface area contributed by atoms with Gasteiger partial charge in [0.25, 0.3) is 17.5 Å². The van der Waals surface area contributed by atoms with Crippen LogP contribution in [0.5, 0.6) is 0 Å². The molecule has 2 N–H and O–H groups in total. The number of furan rings is 1. The van der Waals surface area contributed by atoms with Gasteiger partial charge in [-0.2, -0.15) is 13.2 Å². The fourth-order valence-corrected chi connectivity index (χ4v) is 3.75. The lowest BCUT2D eigenvalue weighted by Crippen LogP contribution is -2.69. The van der Waals surface area contributed by atoms with E-state index in [1.54, 1.807) is 10.6 Å². The van der Waals surface area contributed by atoms with Crippen molar-refractivity contribution >= 4 is 17.8 Å². The zero-order valence-corrected chi connectivity index (χ0v) is 14.8. The van der Waals surface area contributed by atoms with Gasteiger partial charge in [-0.3, -0.25) is 19.8 Å². The molecule has 2 heterocycles. The first-order valence-electron chi connectivity index (χ1n) is 8.67. The molecular weight excluding hydrogens is 367 g/mol. The van der Waals surface area contributed by atoms with Crippen LogP contribution in [-0.4, -0.2) is 40.6 Å². The van der Waals surface area contributed by atoms with Gasteiger partial charge < -0.3 is 9.73 Å². The van der Waals surface area contributed by atoms with E-state index in [0.29, 0.717) is 17.7 Å². The van der Waals surface area contributed by atoms with Crippen molar-refractivity contribution in [2.45, 2.75) is 51.0 Å². The molecule has 148 valence electrons. The number of hydrogen-bond donors (Lipinski definition) is 2. The van der Waals surface area contributed by atoms with Crippen molar-refractivity contribution in [1.29, 1.82) is 0 Å². The molecule has 0 bridgehead atoms. The summed E-state index contributed by atoms with van der Waals surface area (Å²) < 4.78 is 46.3. The van der Waals surface area contributed by atoms with Crippen LogP contribution in [0, 0.1) is 11.8 Å². The molecule has 1 aromatic rings. The molecule has 10 heteroatoms. The molecule has 1 aromatic heterocycles. The highest BCUT2D eigenvalue weighted by molar-refractivity contribution is 6.10. The van der Waals surface area contributed by atoms with E-state index in [4.69, 9.17) is 4.42 Å². The van der Waals surface area contributed by atoms with Gasteiger partial charge in [-0.15, -0.1) is 0 Å².